The monoisotopic (exact) mass is 253 g/mol. The van der Waals surface area contributed by atoms with Crippen molar-refractivity contribution in [2.45, 2.75) is 25.8 Å². The normalized spacial score (nSPS) is 23.9. The van der Waals surface area contributed by atoms with Crippen LogP contribution in [0, 0.1) is 11.8 Å². The van der Waals surface area contributed by atoms with Crippen LogP contribution >= 0.6 is 11.3 Å². The van der Waals surface area contributed by atoms with Gasteiger partial charge in [-0.05, 0) is 25.3 Å². The Morgan fingerprint density at radius 2 is 2.47 bits per heavy atom. The zero-order valence-electron chi connectivity index (χ0n) is 10.1. The fourth-order valence-electron chi connectivity index (χ4n) is 2.56. The van der Waals surface area contributed by atoms with Crippen LogP contribution in [0.15, 0.2) is 10.9 Å². The molecule has 2 N–H and O–H groups in total. The van der Waals surface area contributed by atoms with Gasteiger partial charge in [-0.15, -0.1) is 11.3 Å². The maximum atomic E-state index is 12.3. The molecule has 0 saturated heterocycles. The zero-order chi connectivity index (χ0) is 12.3. The van der Waals surface area contributed by atoms with E-state index >= 15 is 0 Å². The molecular formula is C12H19N3OS. The highest BCUT2D eigenvalue weighted by atomic mass is 32.1. The number of carbonyl (C=O) groups is 1. The lowest BCUT2D eigenvalue weighted by Gasteiger charge is -2.23. The topological polar surface area (TPSA) is 59.2 Å². The Balaban J connectivity index is 1.94. The minimum atomic E-state index is 0.128. The molecule has 2 atom stereocenters. The van der Waals surface area contributed by atoms with E-state index in [1.165, 1.54) is 0 Å². The standard InChI is InChI=1S/C12H19N3OS/c1-15(6-10-7-17-8-14-10)12(16)11-4-2-3-9(11)5-13/h7-9,11H,2-6,13H2,1H3. The van der Waals surface area contributed by atoms with E-state index in [1.54, 1.807) is 21.7 Å². The van der Waals surface area contributed by atoms with Crippen molar-refractivity contribution in [1.29, 1.82) is 0 Å². The van der Waals surface area contributed by atoms with Crippen molar-refractivity contribution in [2.75, 3.05) is 13.6 Å². The van der Waals surface area contributed by atoms with Gasteiger partial charge in [-0.3, -0.25) is 4.79 Å². The van der Waals surface area contributed by atoms with E-state index in [-0.39, 0.29) is 11.8 Å². The third kappa shape index (κ3) is 2.84. The Kier molecular flexibility index (Phi) is 4.12. The summed E-state index contributed by atoms with van der Waals surface area (Å²) in [5.74, 6) is 0.731. The predicted molar refractivity (Wildman–Crippen MR) is 68.5 cm³/mol. The molecule has 4 nitrogen and oxygen atoms in total. The summed E-state index contributed by atoms with van der Waals surface area (Å²) < 4.78 is 0. The molecule has 1 aliphatic carbocycles. The van der Waals surface area contributed by atoms with Crippen LogP contribution in [0.1, 0.15) is 25.0 Å². The molecule has 1 amide bonds. The fraction of sp³-hybridized carbons (Fsp3) is 0.667. The van der Waals surface area contributed by atoms with E-state index in [4.69, 9.17) is 5.73 Å². The fourth-order valence-corrected chi connectivity index (χ4v) is 3.11. The van der Waals surface area contributed by atoms with Gasteiger partial charge in [0.15, 0.2) is 0 Å². The lowest BCUT2D eigenvalue weighted by molar-refractivity contribution is -0.135. The van der Waals surface area contributed by atoms with Crippen LogP contribution in [0.4, 0.5) is 0 Å². The molecule has 1 heterocycles. The number of rotatable bonds is 4. The first-order valence-electron chi connectivity index (χ1n) is 6.04. The van der Waals surface area contributed by atoms with E-state index < -0.39 is 0 Å². The molecule has 17 heavy (non-hydrogen) atoms. The summed E-state index contributed by atoms with van der Waals surface area (Å²) in [5, 5.41) is 1.98. The average molecular weight is 253 g/mol. The number of hydrogen-bond acceptors (Lipinski definition) is 4. The van der Waals surface area contributed by atoms with Gasteiger partial charge in [0.25, 0.3) is 0 Å². The number of nitrogens with two attached hydrogens (primary N) is 1. The summed E-state index contributed by atoms with van der Waals surface area (Å²) in [6, 6.07) is 0. The van der Waals surface area contributed by atoms with Gasteiger partial charge >= 0.3 is 0 Å². The summed E-state index contributed by atoms with van der Waals surface area (Å²) in [6.45, 7) is 1.23. The molecule has 94 valence electrons. The number of aromatic nitrogens is 1. The van der Waals surface area contributed by atoms with Gasteiger partial charge in [0.05, 0.1) is 17.7 Å². The maximum Gasteiger partial charge on any atom is 0.226 e. The lowest BCUT2D eigenvalue weighted by Crippen LogP contribution is -2.36. The second-order valence-electron chi connectivity index (χ2n) is 4.71. The molecule has 5 heteroatoms. The molecule has 1 aliphatic rings. The van der Waals surface area contributed by atoms with Gasteiger partial charge in [-0.2, -0.15) is 0 Å². The molecule has 1 fully saturated rings. The van der Waals surface area contributed by atoms with Crippen LogP contribution in [-0.2, 0) is 11.3 Å². The number of amides is 1. The Labute approximate surface area is 106 Å². The molecule has 1 saturated carbocycles. The van der Waals surface area contributed by atoms with E-state index in [1.807, 2.05) is 12.4 Å². The van der Waals surface area contributed by atoms with Crippen LogP contribution < -0.4 is 5.73 Å². The summed E-state index contributed by atoms with van der Waals surface area (Å²) in [4.78, 5) is 18.3. The van der Waals surface area contributed by atoms with Crippen molar-refractivity contribution in [2.24, 2.45) is 17.6 Å². The van der Waals surface area contributed by atoms with E-state index in [0.29, 0.717) is 19.0 Å². The van der Waals surface area contributed by atoms with Crippen molar-refractivity contribution in [3.63, 3.8) is 0 Å². The van der Waals surface area contributed by atoms with Crippen molar-refractivity contribution in [1.82, 2.24) is 9.88 Å². The van der Waals surface area contributed by atoms with Gasteiger partial charge < -0.3 is 10.6 Å². The molecule has 1 aromatic rings. The number of nitrogens with zero attached hydrogens (tertiary/aromatic N) is 2. The molecule has 1 aromatic heterocycles. The quantitative estimate of drug-likeness (QED) is 0.884. The molecule has 2 rings (SSSR count). The first-order valence-corrected chi connectivity index (χ1v) is 6.98. The Morgan fingerprint density at radius 3 is 3.12 bits per heavy atom. The second-order valence-corrected chi connectivity index (χ2v) is 5.43. The molecule has 0 aromatic carbocycles. The third-order valence-electron chi connectivity index (χ3n) is 3.54. The number of carbonyl (C=O) groups excluding carboxylic acids is 1. The Morgan fingerprint density at radius 1 is 1.65 bits per heavy atom. The summed E-state index contributed by atoms with van der Waals surface area (Å²) in [6.07, 6.45) is 3.21. The van der Waals surface area contributed by atoms with Crippen LogP contribution in [0.5, 0.6) is 0 Å². The summed E-state index contributed by atoms with van der Waals surface area (Å²) >= 11 is 1.56. The van der Waals surface area contributed by atoms with Gasteiger partial charge in [0, 0.05) is 18.3 Å². The van der Waals surface area contributed by atoms with Gasteiger partial charge in [0.1, 0.15) is 0 Å². The molecular weight excluding hydrogens is 234 g/mol. The molecule has 0 spiro atoms. The number of hydrogen-bond donors (Lipinski definition) is 1. The van der Waals surface area contributed by atoms with Crippen molar-refractivity contribution in [3.8, 4) is 0 Å². The smallest absolute Gasteiger partial charge is 0.226 e. The molecule has 0 radical (unpaired) electrons. The highest BCUT2D eigenvalue weighted by molar-refractivity contribution is 7.07. The van der Waals surface area contributed by atoms with E-state index in [9.17, 15) is 4.79 Å². The van der Waals surface area contributed by atoms with E-state index in [0.717, 1.165) is 25.0 Å². The van der Waals surface area contributed by atoms with Crippen LogP contribution in [-0.4, -0.2) is 29.4 Å². The highest BCUT2D eigenvalue weighted by Gasteiger charge is 2.33. The molecule has 2 unspecified atom stereocenters. The Hall–Kier alpha value is -0.940. The Bertz CT molecular complexity index is 366. The van der Waals surface area contributed by atoms with E-state index in [2.05, 4.69) is 4.98 Å². The predicted octanol–water partition coefficient (Wildman–Crippen LogP) is 1.48. The van der Waals surface area contributed by atoms with Gasteiger partial charge in [0.2, 0.25) is 5.91 Å². The third-order valence-corrected chi connectivity index (χ3v) is 4.17. The first kappa shape index (κ1) is 12.5. The minimum Gasteiger partial charge on any atom is -0.340 e. The number of thiazole rings is 1. The SMILES string of the molecule is CN(Cc1cscn1)C(=O)C1CCCC1CN. The summed E-state index contributed by atoms with van der Waals surface area (Å²) in [5.41, 5.74) is 8.48. The average Bonchev–Trinajstić information content (AvgIpc) is 2.97. The highest BCUT2D eigenvalue weighted by Crippen LogP contribution is 2.32. The maximum absolute atomic E-state index is 12.3. The lowest BCUT2D eigenvalue weighted by atomic mass is 9.95. The van der Waals surface area contributed by atoms with Gasteiger partial charge in [-0.25, -0.2) is 4.98 Å². The van der Waals surface area contributed by atoms with Crippen LogP contribution in [0.25, 0.3) is 0 Å². The summed E-state index contributed by atoms with van der Waals surface area (Å²) in [7, 11) is 1.85. The molecule has 0 aliphatic heterocycles. The zero-order valence-corrected chi connectivity index (χ0v) is 10.9. The van der Waals surface area contributed by atoms with Crippen molar-refractivity contribution in [3.05, 3.63) is 16.6 Å². The van der Waals surface area contributed by atoms with Crippen LogP contribution in [0.3, 0.4) is 0 Å². The first-order chi connectivity index (χ1) is 8.22. The van der Waals surface area contributed by atoms with Gasteiger partial charge in [-0.1, -0.05) is 6.42 Å². The van der Waals surface area contributed by atoms with Crippen molar-refractivity contribution >= 4 is 17.2 Å². The van der Waals surface area contributed by atoms with Crippen molar-refractivity contribution < 1.29 is 4.79 Å². The second kappa shape index (κ2) is 5.60. The van der Waals surface area contributed by atoms with Crippen LogP contribution in [0.2, 0.25) is 0 Å². The largest absolute Gasteiger partial charge is 0.340 e. The minimum absolute atomic E-state index is 0.128. The molecule has 0 bridgehead atoms.